The van der Waals surface area contributed by atoms with E-state index in [-0.39, 0.29) is 11.4 Å². The molecule has 1 radical (unpaired) electrons. The van der Waals surface area contributed by atoms with E-state index in [9.17, 15) is 17.6 Å². The normalized spacial score (nSPS) is 11.9. The van der Waals surface area contributed by atoms with Gasteiger partial charge in [-0.15, -0.1) is 0 Å². The van der Waals surface area contributed by atoms with Crippen LogP contribution >= 0.6 is 11.6 Å². The summed E-state index contributed by atoms with van der Waals surface area (Å²) in [6, 6.07) is 4.10. The van der Waals surface area contributed by atoms with Crippen LogP contribution in [0.1, 0.15) is 28.1 Å². The fourth-order valence-electron chi connectivity index (χ4n) is 2.94. The van der Waals surface area contributed by atoms with Crippen LogP contribution in [0.25, 0.3) is 11.0 Å². The molecule has 29 heavy (non-hydrogen) atoms. The Morgan fingerprint density at radius 1 is 1.00 bits per heavy atom. The Kier molecular flexibility index (Phi) is 4.96. The van der Waals surface area contributed by atoms with Gasteiger partial charge >= 0.3 is 6.18 Å². The van der Waals surface area contributed by atoms with E-state index < -0.39 is 17.6 Å². The van der Waals surface area contributed by atoms with Crippen LogP contribution in [0.15, 0.2) is 49.1 Å². The van der Waals surface area contributed by atoms with Crippen molar-refractivity contribution in [2.45, 2.75) is 12.6 Å². The first-order valence-electron chi connectivity index (χ1n) is 8.43. The second kappa shape index (κ2) is 7.44. The van der Waals surface area contributed by atoms with Crippen molar-refractivity contribution >= 4 is 22.6 Å². The SMILES string of the molecule is Fc1cc([CH]c2ncc(Cc3c[nH]c4ncc(Cl)cc34)cn2)cc(C(F)(F)F)c1. The molecule has 3 heterocycles. The van der Waals surface area contributed by atoms with Crippen LogP contribution in [0.4, 0.5) is 17.6 Å². The monoisotopic (exact) mass is 419 g/mol. The number of nitrogens with one attached hydrogen (secondary N) is 1. The number of alkyl halides is 3. The molecule has 0 fully saturated rings. The number of H-pyrrole nitrogens is 1. The van der Waals surface area contributed by atoms with Crippen molar-refractivity contribution in [2.24, 2.45) is 0 Å². The zero-order valence-corrected chi connectivity index (χ0v) is 15.4. The molecule has 0 aliphatic carbocycles. The minimum atomic E-state index is -4.63. The first kappa shape index (κ1) is 19.3. The van der Waals surface area contributed by atoms with E-state index in [1.807, 2.05) is 6.20 Å². The average molecular weight is 420 g/mol. The number of pyridine rings is 1. The fraction of sp³-hybridized carbons (Fsp3) is 0.100. The number of benzene rings is 1. The van der Waals surface area contributed by atoms with Gasteiger partial charge in [0.1, 0.15) is 17.3 Å². The van der Waals surface area contributed by atoms with Gasteiger partial charge in [-0.3, -0.25) is 0 Å². The van der Waals surface area contributed by atoms with Crippen molar-refractivity contribution in [1.29, 1.82) is 0 Å². The molecule has 147 valence electrons. The smallest absolute Gasteiger partial charge is 0.346 e. The summed E-state index contributed by atoms with van der Waals surface area (Å²) in [5.74, 6) is -0.801. The number of fused-ring (bicyclic) bond motifs is 1. The maximum atomic E-state index is 13.5. The molecule has 0 aliphatic heterocycles. The highest BCUT2D eigenvalue weighted by molar-refractivity contribution is 6.31. The third-order valence-electron chi connectivity index (χ3n) is 4.25. The minimum absolute atomic E-state index is 0.0300. The van der Waals surface area contributed by atoms with E-state index >= 15 is 0 Å². The molecule has 3 aromatic heterocycles. The molecule has 4 nitrogen and oxygen atoms in total. The molecule has 4 rings (SSSR count). The van der Waals surface area contributed by atoms with E-state index in [4.69, 9.17) is 11.6 Å². The molecule has 0 unspecified atom stereocenters. The largest absolute Gasteiger partial charge is 0.416 e. The number of rotatable bonds is 4. The van der Waals surface area contributed by atoms with Gasteiger partial charge in [0.25, 0.3) is 0 Å². The lowest BCUT2D eigenvalue weighted by Gasteiger charge is -2.09. The van der Waals surface area contributed by atoms with Crippen molar-refractivity contribution in [3.63, 3.8) is 0 Å². The van der Waals surface area contributed by atoms with Gasteiger partial charge in [0, 0.05) is 36.6 Å². The average Bonchev–Trinajstić information content (AvgIpc) is 3.04. The highest BCUT2D eigenvalue weighted by atomic mass is 35.5. The number of hydrogen-bond acceptors (Lipinski definition) is 3. The van der Waals surface area contributed by atoms with Gasteiger partial charge in [-0.1, -0.05) is 11.6 Å². The molecule has 0 amide bonds. The highest BCUT2D eigenvalue weighted by Gasteiger charge is 2.31. The molecule has 0 aliphatic rings. The molecule has 4 aromatic rings. The Labute approximate surface area is 167 Å². The van der Waals surface area contributed by atoms with Gasteiger partial charge in [-0.05, 0) is 41.0 Å². The summed E-state index contributed by atoms with van der Waals surface area (Å²) in [6.07, 6.45) is 3.68. The molecule has 9 heteroatoms. The van der Waals surface area contributed by atoms with E-state index in [2.05, 4.69) is 19.9 Å². The lowest BCUT2D eigenvalue weighted by atomic mass is 10.1. The molecule has 0 atom stereocenters. The Balaban J connectivity index is 1.52. The summed E-state index contributed by atoms with van der Waals surface area (Å²) >= 11 is 6.00. The number of nitrogens with zero attached hydrogens (tertiary/aromatic N) is 3. The first-order chi connectivity index (χ1) is 13.8. The van der Waals surface area contributed by atoms with E-state index in [1.165, 1.54) is 6.42 Å². The number of halogens is 5. The summed E-state index contributed by atoms with van der Waals surface area (Å²) in [5, 5.41) is 1.40. The van der Waals surface area contributed by atoms with Gasteiger partial charge < -0.3 is 4.98 Å². The topological polar surface area (TPSA) is 54.5 Å². The van der Waals surface area contributed by atoms with Crippen molar-refractivity contribution in [2.75, 3.05) is 0 Å². The van der Waals surface area contributed by atoms with Gasteiger partial charge in [-0.25, -0.2) is 19.3 Å². The summed E-state index contributed by atoms with van der Waals surface area (Å²) in [6.45, 7) is 0. The lowest BCUT2D eigenvalue weighted by Crippen LogP contribution is -2.06. The van der Waals surface area contributed by atoms with Gasteiger partial charge in [0.05, 0.1) is 17.0 Å². The van der Waals surface area contributed by atoms with Crippen LogP contribution in [0.3, 0.4) is 0 Å². The highest BCUT2D eigenvalue weighted by Crippen LogP contribution is 2.31. The second-order valence-corrected chi connectivity index (χ2v) is 6.84. The van der Waals surface area contributed by atoms with Crippen LogP contribution in [0.5, 0.6) is 0 Å². The Morgan fingerprint density at radius 3 is 2.48 bits per heavy atom. The molecule has 1 N–H and O–H groups in total. The molecule has 0 saturated carbocycles. The number of aromatic amines is 1. The Bertz CT molecular complexity index is 1170. The summed E-state index contributed by atoms with van der Waals surface area (Å²) in [4.78, 5) is 15.6. The lowest BCUT2D eigenvalue weighted by molar-refractivity contribution is -0.137. The van der Waals surface area contributed by atoms with Gasteiger partial charge in [-0.2, -0.15) is 13.2 Å². The first-order valence-corrected chi connectivity index (χ1v) is 8.81. The molecule has 0 saturated heterocycles. The van der Waals surface area contributed by atoms with Crippen molar-refractivity contribution in [3.05, 3.63) is 94.4 Å². The Morgan fingerprint density at radius 2 is 1.76 bits per heavy atom. The third kappa shape index (κ3) is 4.37. The van der Waals surface area contributed by atoms with E-state index in [1.54, 1.807) is 24.7 Å². The van der Waals surface area contributed by atoms with Crippen LogP contribution in [-0.2, 0) is 12.6 Å². The summed E-state index contributed by atoms with van der Waals surface area (Å²) in [5.41, 5.74) is 1.42. The maximum absolute atomic E-state index is 13.5. The van der Waals surface area contributed by atoms with Gasteiger partial charge in [0.2, 0.25) is 0 Å². The van der Waals surface area contributed by atoms with Crippen LogP contribution < -0.4 is 0 Å². The molecule has 1 aromatic carbocycles. The number of aromatic nitrogens is 4. The van der Waals surface area contributed by atoms with E-state index in [0.717, 1.165) is 28.6 Å². The molecular weight excluding hydrogens is 408 g/mol. The standard InChI is InChI=1S/C20H12ClF4N4/c21-15-6-17-13(9-28-19(17)29-10-15)1-12-7-26-18(27-8-12)4-11-2-14(20(23,24)25)5-16(22)3-11/h2-10H,1H2,(H,28,29). The summed E-state index contributed by atoms with van der Waals surface area (Å²) in [7, 11) is 0. The zero-order chi connectivity index (χ0) is 20.6. The predicted octanol–water partition coefficient (Wildman–Crippen LogP) is 5.36. The third-order valence-corrected chi connectivity index (χ3v) is 4.45. The minimum Gasteiger partial charge on any atom is -0.346 e. The van der Waals surface area contributed by atoms with Crippen molar-refractivity contribution < 1.29 is 17.6 Å². The maximum Gasteiger partial charge on any atom is 0.416 e. The van der Waals surface area contributed by atoms with Gasteiger partial charge in [0.15, 0.2) is 0 Å². The molecule has 0 spiro atoms. The fourth-order valence-corrected chi connectivity index (χ4v) is 3.10. The Hall–Kier alpha value is -3.00. The molecular formula is C20H12ClF4N4. The van der Waals surface area contributed by atoms with Crippen LogP contribution in [0.2, 0.25) is 5.02 Å². The van der Waals surface area contributed by atoms with E-state index in [0.29, 0.717) is 23.2 Å². The predicted molar refractivity (Wildman–Crippen MR) is 99.8 cm³/mol. The second-order valence-electron chi connectivity index (χ2n) is 6.41. The quantitative estimate of drug-likeness (QED) is 0.453. The molecule has 0 bridgehead atoms. The number of hydrogen-bond donors (Lipinski definition) is 1. The zero-order valence-electron chi connectivity index (χ0n) is 14.6. The summed E-state index contributed by atoms with van der Waals surface area (Å²) < 4.78 is 52.0. The van der Waals surface area contributed by atoms with Crippen LogP contribution in [0, 0.1) is 12.2 Å². The van der Waals surface area contributed by atoms with Crippen molar-refractivity contribution in [1.82, 2.24) is 19.9 Å². The van der Waals surface area contributed by atoms with Crippen LogP contribution in [-0.4, -0.2) is 19.9 Å². The van der Waals surface area contributed by atoms with Crippen molar-refractivity contribution in [3.8, 4) is 0 Å².